The fourth-order valence-corrected chi connectivity index (χ4v) is 5.39. The average Bonchev–Trinajstić information content (AvgIpc) is 3.43. The van der Waals surface area contributed by atoms with E-state index >= 15 is 0 Å². The zero-order valence-electron chi connectivity index (χ0n) is 19.6. The summed E-state index contributed by atoms with van der Waals surface area (Å²) in [6.45, 7) is 2.99. The highest BCUT2D eigenvalue weighted by Crippen LogP contribution is 2.33. The standard InChI is InChI=1S/C23H26Cl2N6O3S/c1-15-27-28-22(31(15)14-16-6-8-17(24)9-7-16)21-5-4-12-30(21)23(32)26-20-11-10-18(13-19(20)25)35(33,34)29(2)3/h6-11,13,21H,4-5,12,14H2,1-3H3,(H,26,32)/t21-/m1/s1. The molecule has 2 aromatic carbocycles. The van der Waals surface area contributed by atoms with Crippen LogP contribution in [-0.2, 0) is 16.6 Å². The summed E-state index contributed by atoms with van der Waals surface area (Å²) >= 11 is 12.3. The Balaban J connectivity index is 1.54. The third-order valence-corrected chi connectivity index (χ3v) is 8.37. The van der Waals surface area contributed by atoms with Gasteiger partial charge in [-0.3, -0.25) is 0 Å². The SMILES string of the molecule is Cc1nnc([C@H]2CCCN2C(=O)Nc2ccc(S(=O)(=O)N(C)C)cc2Cl)n1Cc1ccc(Cl)cc1. The van der Waals surface area contributed by atoms with E-state index in [1.807, 2.05) is 35.8 Å². The number of hydrogen-bond acceptors (Lipinski definition) is 5. The number of sulfonamides is 1. The monoisotopic (exact) mass is 536 g/mol. The summed E-state index contributed by atoms with van der Waals surface area (Å²) in [6.07, 6.45) is 1.57. The van der Waals surface area contributed by atoms with Crippen molar-refractivity contribution >= 4 is 44.9 Å². The molecule has 3 aromatic rings. The molecule has 0 radical (unpaired) electrons. The molecule has 0 saturated carbocycles. The lowest BCUT2D eigenvalue weighted by Crippen LogP contribution is -2.35. The minimum absolute atomic E-state index is 0.0512. The van der Waals surface area contributed by atoms with Crippen LogP contribution in [0, 0.1) is 6.92 Å². The molecule has 1 atom stereocenters. The molecule has 1 aliphatic rings. The molecule has 2 amide bonds. The minimum atomic E-state index is -3.64. The van der Waals surface area contributed by atoms with Crippen molar-refractivity contribution in [2.24, 2.45) is 0 Å². The molecule has 9 nitrogen and oxygen atoms in total. The maximum Gasteiger partial charge on any atom is 0.322 e. The number of carbonyl (C=O) groups is 1. The molecule has 1 aromatic heterocycles. The van der Waals surface area contributed by atoms with Gasteiger partial charge in [0.15, 0.2) is 5.82 Å². The van der Waals surface area contributed by atoms with Crippen molar-refractivity contribution in [2.75, 3.05) is 26.0 Å². The van der Waals surface area contributed by atoms with Gasteiger partial charge >= 0.3 is 6.03 Å². The first-order valence-electron chi connectivity index (χ1n) is 11.0. The van der Waals surface area contributed by atoms with Crippen LogP contribution in [0.2, 0.25) is 10.0 Å². The molecule has 2 heterocycles. The summed E-state index contributed by atoms with van der Waals surface area (Å²) < 4.78 is 27.8. The quantitative estimate of drug-likeness (QED) is 0.497. The number of halogens is 2. The van der Waals surface area contributed by atoms with Crippen LogP contribution in [0.15, 0.2) is 47.4 Å². The Morgan fingerprint density at radius 2 is 1.86 bits per heavy atom. The van der Waals surface area contributed by atoms with E-state index in [4.69, 9.17) is 23.2 Å². The molecule has 0 aliphatic carbocycles. The third kappa shape index (κ3) is 5.30. The van der Waals surface area contributed by atoms with E-state index in [2.05, 4.69) is 15.5 Å². The molecule has 0 unspecified atom stereocenters. The topological polar surface area (TPSA) is 100 Å². The summed E-state index contributed by atoms with van der Waals surface area (Å²) in [7, 11) is -0.747. The molecule has 1 N–H and O–H groups in total. The maximum atomic E-state index is 13.2. The highest BCUT2D eigenvalue weighted by atomic mass is 35.5. The summed E-state index contributed by atoms with van der Waals surface area (Å²) in [5, 5.41) is 12.3. The first-order valence-corrected chi connectivity index (χ1v) is 13.2. The number of amides is 2. The van der Waals surface area contributed by atoms with E-state index in [0.717, 1.165) is 28.5 Å². The van der Waals surface area contributed by atoms with Crippen molar-refractivity contribution < 1.29 is 13.2 Å². The van der Waals surface area contributed by atoms with Crippen LogP contribution in [0.5, 0.6) is 0 Å². The molecule has 186 valence electrons. The van der Waals surface area contributed by atoms with Gasteiger partial charge in [0.25, 0.3) is 0 Å². The number of aromatic nitrogens is 3. The van der Waals surface area contributed by atoms with E-state index in [9.17, 15) is 13.2 Å². The van der Waals surface area contributed by atoms with Crippen molar-refractivity contribution in [2.45, 2.75) is 37.2 Å². The predicted molar refractivity (Wildman–Crippen MR) is 135 cm³/mol. The van der Waals surface area contributed by atoms with Gasteiger partial charge in [-0.2, -0.15) is 0 Å². The van der Waals surface area contributed by atoms with E-state index in [0.29, 0.717) is 29.6 Å². The van der Waals surface area contributed by atoms with Crippen molar-refractivity contribution in [1.82, 2.24) is 24.0 Å². The van der Waals surface area contributed by atoms with Gasteiger partial charge in [0.2, 0.25) is 10.0 Å². The smallest absolute Gasteiger partial charge is 0.314 e. The number of carbonyl (C=O) groups excluding carboxylic acids is 1. The lowest BCUT2D eigenvalue weighted by atomic mass is 10.2. The average molecular weight is 537 g/mol. The van der Waals surface area contributed by atoms with Crippen LogP contribution < -0.4 is 5.32 Å². The van der Waals surface area contributed by atoms with E-state index < -0.39 is 10.0 Å². The van der Waals surface area contributed by atoms with Crippen LogP contribution in [0.3, 0.4) is 0 Å². The fourth-order valence-electron chi connectivity index (χ4n) is 4.05. The van der Waals surface area contributed by atoms with Gasteiger partial charge in [0.1, 0.15) is 5.82 Å². The Kier molecular flexibility index (Phi) is 7.37. The number of likely N-dealkylation sites (tertiary alicyclic amines) is 1. The van der Waals surface area contributed by atoms with Crippen molar-refractivity contribution in [3.8, 4) is 0 Å². The van der Waals surface area contributed by atoms with Gasteiger partial charge in [0, 0.05) is 25.7 Å². The summed E-state index contributed by atoms with van der Waals surface area (Å²) in [5.41, 5.74) is 1.38. The number of nitrogens with one attached hydrogen (secondary N) is 1. The molecule has 12 heteroatoms. The Labute approximate surface area is 214 Å². The number of hydrogen-bond donors (Lipinski definition) is 1. The number of nitrogens with zero attached hydrogens (tertiary/aromatic N) is 5. The Bertz CT molecular complexity index is 1340. The Hall–Kier alpha value is -2.66. The van der Waals surface area contributed by atoms with Crippen LogP contribution in [0.1, 0.15) is 36.1 Å². The predicted octanol–water partition coefficient (Wildman–Crippen LogP) is 4.56. The lowest BCUT2D eigenvalue weighted by Gasteiger charge is -2.25. The molecule has 0 spiro atoms. The Morgan fingerprint density at radius 1 is 1.14 bits per heavy atom. The normalized spacial score (nSPS) is 16.2. The van der Waals surface area contributed by atoms with Crippen LogP contribution in [-0.4, -0.2) is 59.1 Å². The second-order valence-electron chi connectivity index (χ2n) is 8.53. The van der Waals surface area contributed by atoms with Gasteiger partial charge in [-0.15, -0.1) is 10.2 Å². The summed E-state index contributed by atoms with van der Waals surface area (Å²) in [5.74, 6) is 1.46. The highest BCUT2D eigenvalue weighted by molar-refractivity contribution is 7.89. The van der Waals surface area contributed by atoms with Crippen LogP contribution >= 0.6 is 23.2 Å². The Morgan fingerprint density at radius 3 is 2.51 bits per heavy atom. The van der Waals surface area contributed by atoms with Crippen LogP contribution in [0.4, 0.5) is 10.5 Å². The second kappa shape index (κ2) is 10.1. The third-order valence-electron chi connectivity index (χ3n) is 5.99. The first kappa shape index (κ1) is 25.4. The van der Waals surface area contributed by atoms with Crippen molar-refractivity contribution in [3.63, 3.8) is 0 Å². The molecule has 1 aliphatic heterocycles. The summed E-state index contributed by atoms with van der Waals surface area (Å²) in [4.78, 5) is 15.0. The lowest BCUT2D eigenvalue weighted by molar-refractivity contribution is 0.204. The zero-order valence-corrected chi connectivity index (χ0v) is 21.9. The van der Waals surface area contributed by atoms with Gasteiger partial charge in [0.05, 0.1) is 28.2 Å². The number of benzene rings is 2. The molecule has 0 bridgehead atoms. The van der Waals surface area contributed by atoms with E-state index in [1.165, 1.54) is 32.3 Å². The van der Waals surface area contributed by atoms with Crippen molar-refractivity contribution in [3.05, 3.63) is 69.7 Å². The molecule has 1 saturated heterocycles. The second-order valence-corrected chi connectivity index (χ2v) is 11.5. The van der Waals surface area contributed by atoms with Gasteiger partial charge in [-0.05, 0) is 55.7 Å². The van der Waals surface area contributed by atoms with Gasteiger partial charge in [-0.1, -0.05) is 35.3 Å². The van der Waals surface area contributed by atoms with Gasteiger partial charge in [-0.25, -0.2) is 17.5 Å². The zero-order chi connectivity index (χ0) is 25.3. The molecule has 35 heavy (non-hydrogen) atoms. The largest absolute Gasteiger partial charge is 0.322 e. The highest BCUT2D eigenvalue weighted by Gasteiger charge is 2.34. The first-order chi connectivity index (χ1) is 16.6. The fraction of sp³-hybridized carbons (Fsp3) is 0.348. The van der Waals surface area contributed by atoms with Gasteiger partial charge < -0.3 is 14.8 Å². The molecule has 1 fully saturated rings. The molecular weight excluding hydrogens is 511 g/mol. The molecular formula is C23H26Cl2N6O3S. The minimum Gasteiger partial charge on any atom is -0.314 e. The number of aryl methyl sites for hydroxylation is 1. The molecule has 4 rings (SSSR count). The maximum absolute atomic E-state index is 13.2. The number of rotatable bonds is 6. The van der Waals surface area contributed by atoms with E-state index in [-0.39, 0.29) is 22.0 Å². The van der Waals surface area contributed by atoms with Crippen LogP contribution in [0.25, 0.3) is 0 Å². The number of urea groups is 1. The number of anilines is 1. The summed E-state index contributed by atoms with van der Waals surface area (Å²) in [6, 6.07) is 11.2. The van der Waals surface area contributed by atoms with E-state index in [1.54, 1.807) is 4.90 Å². The van der Waals surface area contributed by atoms with Crippen molar-refractivity contribution in [1.29, 1.82) is 0 Å².